The number of carbonyl (C=O) groups is 2. The fourth-order valence-electron chi connectivity index (χ4n) is 1.57. The first-order chi connectivity index (χ1) is 7.72. The van der Waals surface area contributed by atoms with Gasteiger partial charge in [0, 0.05) is 13.0 Å². The van der Waals surface area contributed by atoms with Gasteiger partial charge in [0.2, 0.25) is 5.91 Å². The molecular weight excluding hydrogens is 208 g/mol. The molecule has 0 bridgehead atoms. The van der Waals surface area contributed by atoms with Crippen LogP contribution in [0.2, 0.25) is 0 Å². The number of benzene rings is 1. The quantitative estimate of drug-likeness (QED) is 0.813. The van der Waals surface area contributed by atoms with Gasteiger partial charge in [-0.25, -0.2) is 9.69 Å². The van der Waals surface area contributed by atoms with Gasteiger partial charge in [-0.3, -0.25) is 4.79 Å². The normalized spacial score (nSPS) is 15.9. The summed E-state index contributed by atoms with van der Waals surface area (Å²) in [7, 11) is 1.56. The Morgan fingerprint density at radius 3 is 2.50 bits per heavy atom. The molecule has 0 radical (unpaired) electrons. The summed E-state index contributed by atoms with van der Waals surface area (Å²) in [6.45, 7) is 0.407. The van der Waals surface area contributed by atoms with Crippen molar-refractivity contribution in [2.24, 2.45) is 0 Å². The van der Waals surface area contributed by atoms with E-state index in [1.807, 2.05) is 0 Å². The topological polar surface area (TPSA) is 58.6 Å². The van der Waals surface area contributed by atoms with E-state index >= 15 is 0 Å². The number of hydrogen-bond donors (Lipinski definition) is 1. The zero-order valence-electron chi connectivity index (χ0n) is 8.90. The molecule has 1 fully saturated rings. The lowest BCUT2D eigenvalue weighted by atomic mass is 10.2. The lowest BCUT2D eigenvalue weighted by Gasteiger charge is -2.25. The molecule has 0 aliphatic carbocycles. The average molecular weight is 220 g/mol. The minimum Gasteiger partial charge on any atom is -0.497 e. The van der Waals surface area contributed by atoms with Gasteiger partial charge in [-0.2, -0.15) is 0 Å². The van der Waals surface area contributed by atoms with Crippen molar-refractivity contribution in [3.05, 3.63) is 24.3 Å². The van der Waals surface area contributed by atoms with Crippen molar-refractivity contribution < 1.29 is 14.3 Å². The number of nitrogens with one attached hydrogen (secondary N) is 1. The molecule has 84 valence electrons. The van der Waals surface area contributed by atoms with Crippen molar-refractivity contribution in [3.63, 3.8) is 0 Å². The van der Waals surface area contributed by atoms with Crippen LogP contribution in [0.25, 0.3) is 0 Å². The van der Waals surface area contributed by atoms with E-state index in [-0.39, 0.29) is 11.9 Å². The number of nitrogens with zero attached hydrogens (tertiary/aromatic N) is 1. The Balaban J connectivity index is 2.27. The SMILES string of the molecule is COc1ccc(N2C(=O)CCNC2=O)cc1. The summed E-state index contributed by atoms with van der Waals surface area (Å²) >= 11 is 0. The zero-order valence-corrected chi connectivity index (χ0v) is 8.90. The maximum Gasteiger partial charge on any atom is 0.328 e. The van der Waals surface area contributed by atoms with E-state index in [4.69, 9.17) is 4.74 Å². The lowest BCUT2D eigenvalue weighted by Crippen LogP contribution is -2.50. The first-order valence-corrected chi connectivity index (χ1v) is 4.97. The van der Waals surface area contributed by atoms with Crippen LogP contribution in [0.4, 0.5) is 10.5 Å². The van der Waals surface area contributed by atoms with Gasteiger partial charge in [0.15, 0.2) is 0 Å². The summed E-state index contributed by atoms with van der Waals surface area (Å²) in [5.74, 6) is 0.502. The molecule has 1 aliphatic heterocycles. The zero-order chi connectivity index (χ0) is 11.5. The second kappa shape index (κ2) is 4.22. The van der Waals surface area contributed by atoms with Gasteiger partial charge in [-0.05, 0) is 24.3 Å². The van der Waals surface area contributed by atoms with E-state index in [0.717, 1.165) is 4.90 Å². The van der Waals surface area contributed by atoms with Crippen molar-refractivity contribution in [2.75, 3.05) is 18.6 Å². The number of urea groups is 1. The number of hydrogen-bond acceptors (Lipinski definition) is 3. The van der Waals surface area contributed by atoms with Crippen LogP contribution in [0.15, 0.2) is 24.3 Å². The van der Waals surface area contributed by atoms with Crippen LogP contribution in [-0.2, 0) is 4.79 Å². The highest BCUT2D eigenvalue weighted by Crippen LogP contribution is 2.21. The monoisotopic (exact) mass is 220 g/mol. The van der Waals surface area contributed by atoms with E-state index in [9.17, 15) is 9.59 Å². The summed E-state index contributed by atoms with van der Waals surface area (Å²) in [4.78, 5) is 24.3. The van der Waals surface area contributed by atoms with E-state index in [0.29, 0.717) is 24.4 Å². The Bertz CT molecular complexity index is 398. The van der Waals surface area contributed by atoms with Crippen LogP contribution in [0, 0.1) is 0 Å². The van der Waals surface area contributed by atoms with Gasteiger partial charge < -0.3 is 10.1 Å². The van der Waals surface area contributed by atoms with E-state index < -0.39 is 0 Å². The molecule has 0 saturated carbocycles. The van der Waals surface area contributed by atoms with Gasteiger partial charge in [0.25, 0.3) is 0 Å². The molecule has 0 aromatic heterocycles. The maximum absolute atomic E-state index is 11.6. The number of imide groups is 1. The highest BCUT2D eigenvalue weighted by atomic mass is 16.5. The fraction of sp³-hybridized carbons (Fsp3) is 0.273. The molecule has 1 N–H and O–H groups in total. The Hall–Kier alpha value is -2.04. The number of methoxy groups -OCH3 is 1. The van der Waals surface area contributed by atoms with Gasteiger partial charge in [0.05, 0.1) is 12.8 Å². The highest BCUT2D eigenvalue weighted by Gasteiger charge is 2.26. The maximum atomic E-state index is 11.6. The molecule has 0 atom stereocenters. The van der Waals surface area contributed by atoms with Crippen molar-refractivity contribution in [1.29, 1.82) is 0 Å². The highest BCUT2D eigenvalue weighted by molar-refractivity contribution is 6.15. The Kier molecular flexibility index (Phi) is 2.76. The molecule has 1 aliphatic rings. The molecule has 5 nitrogen and oxygen atoms in total. The summed E-state index contributed by atoms with van der Waals surface area (Å²) < 4.78 is 5.01. The average Bonchev–Trinajstić information content (AvgIpc) is 2.30. The molecule has 5 heteroatoms. The summed E-state index contributed by atoms with van der Waals surface area (Å²) in [5.41, 5.74) is 0.558. The number of carbonyl (C=O) groups excluding carboxylic acids is 2. The van der Waals surface area contributed by atoms with Crippen LogP contribution < -0.4 is 15.0 Å². The van der Waals surface area contributed by atoms with Crippen LogP contribution in [0.5, 0.6) is 5.75 Å². The molecule has 1 saturated heterocycles. The standard InChI is InChI=1S/C11H12N2O3/c1-16-9-4-2-8(3-5-9)13-10(14)6-7-12-11(13)15/h2-5H,6-7H2,1H3,(H,12,15). The van der Waals surface area contributed by atoms with Crippen LogP contribution >= 0.6 is 0 Å². The predicted octanol–water partition coefficient (Wildman–Crippen LogP) is 1.14. The van der Waals surface area contributed by atoms with Crippen LogP contribution in [0.1, 0.15) is 6.42 Å². The molecule has 1 aromatic rings. The fourth-order valence-corrected chi connectivity index (χ4v) is 1.57. The second-order valence-electron chi connectivity index (χ2n) is 3.41. The molecule has 3 amide bonds. The van der Waals surface area contributed by atoms with Gasteiger partial charge in [-0.1, -0.05) is 0 Å². The van der Waals surface area contributed by atoms with E-state index in [2.05, 4.69) is 5.32 Å². The lowest BCUT2D eigenvalue weighted by molar-refractivity contribution is -0.118. The minimum absolute atomic E-state index is 0.186. The first kappa shape index (κ1) is 10.5. The van der Waals surface area contributed by atoms with Gasteiger partial charge in [0.1, 0.15) is 5.75 Å². The molecular formula is C11H12N2O3. The molecule has 0 spiro atoms. The molecule has 0 unspecified atom stereocenters. The third kappa shape index (κ3) is 1.84. The predicted molar refractivity (Wildman–Crippen MR) is 58.5 cm³/mol. The van der Waals surface area contributed by atoms with Crippen LogP contribution in [-0.4, -0.2) is 25.6 Å². The number of amides is 3. The first-order valence-electron chi connectivity index (χ1n) is 4.97. The Morgan fingerprint density at radius 1 is 1.25 bits per heavy atom. The summed E-state index contributed by atoms with van der Waals surface area (Å²) in [6.07, 6.45) is 0.331. The van der Waals surface area contributed by atoms with Crippen molar-refractivity contribution >= 4 is 17.6 Å². The third-order valence-electron chi connectivity index (χ3n) is 2.40. The largest absolute Gasteiger partial charge is 0.497 e. The summed E-state index contributed by atoms with van der Waals surface area (Å²) in [5, 5.41) is 2.62. The Labute approximate surface area is 93.0 Å². The van der Waals surface area contributed by atoms with E-state index in [1.54, 1.807) is 31.4 Å². The molecule has 1 heterocycles. The van der Waals surface area contributed by atoms with Crippen molar-refractivity contribution in [2.45, 2.75) is 6.42 Å². The minimum atomic E-state index is -0.374. The molecule has 2 rings (SSSR count). The van der Waals surface area contributed by atoms with Gasteiger partial charge >= 0.3 is 6.03 Å². The van der Waals surface area contributed by atoms with Crippen molar-refractivity contribution in [3.8, 4) is 5.75 Å². The number of ether oxygens (including phenoxy) is 1. The van der Waals surface area contributed by atoms with Crippen LogP contribution in [0.3, 0.4) is 0 Å². The molecule has 1 aromatic carbocycles. The number of rotatable bonds is 2. The van der Waals surface area contributed by atoms with Gasteiger partial charge in [-0.15, -0.1) is 0 Å². The Morgan fingerprint density at radius 2 is 1.94 bits per heavy atom. The van der Waals surface area contributed by atoms with Crippen molar-refractivity contribution in [1.82, 2.24) is 5.32 Å². The number of anilines is 1. The smallest absolute Gasteiger partial charge is 0.328 e. The summed E-state index contributed by atoms with van der Waals surface area (Å²) in [6, 6.07) is 6.42. The second-order valence-corrected chi connectivity index (χ2v) is 3.41. The molecule has 16 heavy (non-hydrogen) atoms. The van der Waals surface area contributed by atoms with E-state index in [1.165, 1.54) is 0 Å². The third-order valence-corrected chi connectivity index (χ3v) is 2.40.